The van der Waals surface area contributed by atoms with E-state index < -0.39 is 0 Å². The number of aryl methyl sites for hydroxylation is 1. The van der Waals surface area contributed by atoms with Gasteiger partial charge >= 0.3 is 0 Å². The Morgan fingerprint density at radius 2 is 2.06 bits per heavy atom. The molecule has 0 saturated carbocycles. The zero-order valence-corrected chi connectivity index (χ0v) is 11.7. The Hall–Kier alpha value is -0.380. The summed E-state index contributed by atoms with van der Waals surface area (Å²) in [5.41, 5.74) is 0.210. The van der Waals surface area contributed by atoms with Crippen LogP contribution in [0, 0.1) is 12.3 Å². The molecule has 0 amide bonds. The number of aliphatic hydroxyl groups excluding tert-OH is 1. The molecule has 1 aromatic heterocycles. The molecule has 1 saturated heterocycles. The number of thiophene rings is 1. The second-order valence-electron chi connectivity index (χ2n) is 5.30. The second kappa shape index (κ2) is 5.51. The topological polar surface area (TPSA) is 23.5 Å². The fourth-order valence-electron chi connectivity index (χ4n) is 2.60. The third kappa shape index (κ3) is 3.09. The van der Waals surface area contributed by atoms with Gasteiger partial charge in [0.1, 0.15) is 0 Å². The number of aliphatic hydroxyl groups is 1. The van der Waals surface area contributed by atoms with Crippen molar-refractivity contribution >= 4 is 11.3 Å². The Balaban J connectivity index is 1.87. The molecule has 0 atom stereocenters. The number of likely N-dealkylation sites (tertiary alicyclic amines) is 1. The maximum absolute atomic E-state index is 9.50. The van der Waals surface area contributed by atoms with Crippen LogP contribution in [0.4, 0.5) is 0 Å². The maximum Gasteiger partial charge on any atom is 0.0488 e. The van der Waals surface area contributed by atoms with Crippen molar-refractivity contribution in [2.45, 2.75) is 39.7 Å². The van der Waals surface area contributed by atoms with Gasteiger partial charge in [0.2, 0.25) is 0 Å². The van der Waals surface area contributed by atoms with Gasteiger partial charge in [0.25, 0.3) is 0 Å². The SMILES string of the molecule is CCC1(CO)CCN(Cc2ccc(C)s2)CC1. The summed E-state index contributed by atoms with van der Waals surface area (Å²) in [6.45, 7) is 8.07. The van der Waals surface area contributed by atoms with Crippen LogP contribution in [-0.2, 0) is 6.54 Å². The van der Waals surface area contributed by atoms with E-state index in [0.717, 1.165) is 38.9 Å². The van der Waals surface area contributed by atoms with E-state index in [1.54, 1.807) is 0 Å². The van der Waals surface area contributed by atoms with Gasteiger partial charge in [0, 0.05) is 22.9 Å². The lowest BCUT2D eigenvalue weighted by molar-refractivity contribution is 0.0386. The van der Waals surface area contributed by atoms with Crippen LogP contribution in [-0.4, -0.2) is 29.7 Å². The number of piperidine rings is 1. The standard InChI is InChI=1S/C14H23NOS/c1-3-14(11-16)6-8-15(9-7-14)10-13-5-4-12(2)17-13/h4-5,16H,3,6-11H2,1-2H3. The van der Waals surface area contributed by atoms with E-state index in [4.69, 9.17) is 0 Å². The first-order valence-corrected chi connectivity index (χ1v) is 7.38. The Morgan fingerprint density at radius 1 is 1.35 bits per heavy atom. The maximum atomic E-state index is 9.50. The lowest BCUT2D eigenvalue weighted by Crippen LogP contribution is -2.41. The van der Waals surface area contributed by atoms with Crippen molar-refractivity contribution in [3.8, 4) is 0 Å². The van der Waals surface area contributed by atoms with Crippen LogP contribution in [0.2, 0.25) is 0 Å². The third-order valence-electron chi connectivity index (χ3n) is 4.18. The summed E-state index contributed by atoms with van der Waals surface area (Å²) in [7, 11) is 0. The molecule has 1 aliphatic heterocycles. The highest BCUT2D eigenvalue weighted by atomic mass is 32.1. The first-order valence-electron chi connectivity index (χ1n) is 6.56. The molecule has 2 rings (SSSR count). The highest BCUT2D eigenvalue weighted by Crippen LogP contribution is 2.34. The quantitative estimate of drug-likeness (QED) is 0.891. The highest BCUT2D eigenvalue weighted by Gasteiger charge is 2.32. The summed E-state index contributed by atoms with van der Waals surface area (Å²) >= 11 is 1.90. The molecular formula is C14H23NOS. The van der Waals surface area contributed by atoms with Gasteiger partial charge in [-0.3, -0.25) is 4.90 Å². The summed E-state index contributed by atoms with van der Waals surface area (Å²) in [6.07, 6.45) is 3.39. The van der Waals surface area contributed by atoms with Crippen molar-refractivity contribution in [1.29, 1.82) is 0 Å². The minimum atomic E-state index is 0.210. The van der Waals surface area contributed by atoms with Crippen LogP contribution in [0.1, 0.15) is 35.9 Å². The van der Waals surface area contributed by atoms with Gasteiger partial charge in [-0.15, -0.1) is 11.3 Å². The van der Waals surface area contributed by atoms with E-state index in [1.165, 1.54) is 9.75 Å². The molecule has 0 aromatic carbocycles. The fraction of sp³-hybridized carbons (Fsp3) is 0.714. The molecule has 0 bridgehead atoms. The van der Waals surface area contributed by atoms with Crippen molar-refractivity contribution in [2.24, 2.45) is 5.41 Å². The van der Waals surface area contributed by atoms with Crippen LogP contribution >= 0.6 is 11.3 Å². The van der Waals surface area contributed by atoms with Crippen molar-refractivity contribution in [3.63, 3.8) is 0 Å². The molecule has 2 heterocycles. The molecule has 0 unspecified atom stereocenters. The fourth-order valence-corrected chi connectivity index (χ4v) is 3.53. The zero-order valence-electron chi connectivity index (χ0n) is 10.9. The molecule has 1 aliphatic rings. The summed E-state index contributed by atoms with van der Waals surface area (Å²) in [4.78, 5) is 5.39. The molecular weight excluding hydrogens is 230 g/mol. The Morgan fingerprint density at radius 3 is 2.53 bits per heavy atom. The summed E-state index contributed by atoms with van der Waals surface area (Å²) in [5, 5.41) is 9.50. The van der Waals surface area contributed by atoms with Gasteiger partial charge in [0.15, 0.2) is 0 Å². The normalized spacial score (nSPS) is 20.6. The van der Waals surface area contributed by atoms with Crippen molar-refractivity contribution in [2.75, 3.05) is 19.7 Å². The van der Waals surface area contributed by atoms with E-state index in [-0.39, 0.29) is 5.41 Å². The average Bonchev–Trinajstić information content (AvgIpc) is 2.76. The summed E-state index contributed by atoms with van der Waals surface area (Å²) < 4.78 is 0. The van der Waals surface area contributed by atoms with Crippen LogP contribution in [0.5, 0.6) is 0 Å². The van der Waals surface area contributed by atoms with E-state index in [1.807, 2.05) is 11.3 Å². The lowest BCUT2D eigenvalue weighted by Gasteiger charge is -2.40. The van der Waals surface area contributed by atoms with Gasteiger partial charge in [-0.2, -0.15) is 0 Å². The van der Waals surface area contributed by atoms with Crippen LogP contribution < -0.4 is 0 Å². The summed E-state index contributed by atoms with van der Waals surface area (Å²) in [6, 6.07) is 4.45. The highest BCUT2D eigenvalue weighted by molar-refractivity contribution is 7.11. The molecule has 2 nitrogen and oxygen atoms in total. The molecule has 1 fully saturated rings. The molecule has 1 aromatic rings. The average molecular weight is 253 g/mol. The summed E-state index contributed by atoms with van der Waals surface area (Å²) in [5.74, 6) is 0. The van der Waals surface area contributed by atoms with Crippen LogP contribution in [0.3, 0.4) is 0 Å². The minimum absolute atomic E-state index is 0.210. The number of hydrogen-bond donors (Lipinski definition) is 1. The Labute approximate surface area is 108 Å². The second-order valence-corrected chi connectivity index (χ2v) is 6.67. The predicted molar refractivity (Wildman–Crippen MR) is 73.4 cm³/mol. The van der Waals surface area contributed by atoms with Crippen molar-refractivity contribution in [3.05, 3.63) is 21.9 Å². The zero-order chi connectivity index (χ0) is 12.3. The van der Waals surface area contributed by atoms with Crippen LogP contribution in [0.15, 0.2) is 12.1 Å². The van der Waals surface area contributed by atoms with E-state index in [2.05, 4.69) is 30.9 Å². The lowest BCUT2D eigenvalue weighted by atomic mass is 9.77. The molecule has 0 radical (unpaired) electrons. The molecule has 0 aliphatic carbocycles. The number of rotatable bonds is 4. The van der Waals surface area contributed by atoms with E-state index in [9.17, 15) is 5.11 Å². The van der Waals surface area contributed by atoms with E-state index >= 15 is 0 Å². The molecule has 1 N–H and O–H groups in total. The largest absolute Gasteiger partial charge is 0.396 e. The van der Waals surface area contributed by atoms with Crippen molar-refractivity contribution in [1.82, 2.24) is 4.90 Å². The first kappa shape index (κ1) is 13.1. The molecule has 96 valence electrons. The van der Waals surface area contributed by atoms with Gasteiger partial charge in [-0.1, -0.05) is 6.92 Å². The monoisotopic (exact) mass is 253 g/mol. The molecule has 3 heteroatoms. The van der Waals surface area contributed by atoms with Crippen LogP contribution in [0.25, 0.3) is 0 Å². The van der Waals surface area contributed by atoms with Gasteiger partial charge in [-0.05, 0) is 56.8 Å². The Kier molecular flexibility index (Phi) is 4.23. The van der Waals surface area contributed by atoms with Crippen molar-refractivity contribution < 1.29 is 5.11 Å². The molecule has 0 spiro atoms. The molecule has 17 heavy (non-hydrogen) atoms. The number of hydrogen-bond acceptors (Lipinski definition) is 3. The van der Waals surface area contributed by atoms with Gasteiger partial charge < -0.3 is 5.11 Å². The third-order valence-corrected chi connectivity index (χ3v) is 5.16. The predicted octanol–water partition coefficient (Wildman–Crippen LogP) is 3.04. The number of nitrogens with zero attached hydrogens (tertiary/aromatic N) is 1. The van der Waals surface area contributed by atoms with Gasteiger partial charge in [-0.25, -0.2) is 0 Å². The van der Waals surface area contributed by atoms with E-state index in [0.29, 0.717) is 6.61 Å². The minimum Gasteiger partial charge on any atom is -0.396 e. The van der Waals surface area contributed by atoms with Gasteiger partial charge in [0.05, 0.1) is 0 Å². The smallest absolute Gasteiger partial charge is 0.0488 e. The first-order chi connectivity index (χ1) is 8.17. The Bertz CT molecular complexity index is 347.